The van der Waals surface area contributed by atoms with E-state index >= 15 is 0 Å². The summed E-state index contributed by atoms with van der Waals surface area (Å²) in [7, 11) is 0. The van der Waals surface area contributed by atoms with Crippen molar-refractivity contribution in [3.63, 3.8) is 0 Å². The largest absolute Gasteiger partial charge is 0.871 e. The lowest BCUT2D eigenvalue weighted by Crippen LogP contribution is -2.08. The van der Waals surface area contributed by atoms with Gasteiger partial charge >= 0.3 is 0 Å². The van der Waals surface area contributed by atoms with E-state index in [0.29, 0.717) is 0 Å². The Bertz CT molecular complexity index is 525. The molecule has 74 valence electrons. The van der Waals surface area contributed by atoms with Gasteiger partial charge < -0.3 is 10.2 Å². The normalized spacial score (nSPS) is 8.25. The van der Waals surface area contributed by atoms with Crippen LogP contribution < -0.4 is 10.2 Å². The molecule has 0 heterocycles. The van der Waals surface area contributed by atoms with E-state index in [1.165, 1.54) is 24.3 Å². The Morgan fingerprint density at radius 1 is 0.562 bits per heavy atom. The quantitative estimate of drug-likeness (QED) is 0.552. The summed E-state index contributed by atoms with van der Waals surface area (Å²) < 4.78 is 0. The molecule has 0 aliphatic heterocycles. The van der Waals surface area contributed by atoms with E-state index in [4.69, 9.17) is 21.0 Å². The van der Waals surface area contributed by atoms with Crippen molar-refractivity contribution in [2.75, 3.05) is 0 Å². The summed E-state index contributed by atoms with van der Waals surface area (Å²) in [6.07, 6.45) is 0. The Labute approximate surface area is 90.0 Å². The molecule has 0 bridgehead atoms. The van der Waals surface area contributed by atoms with Crippen LogP contribution in [-0.4, -0.2) is 0 Å². The molecule has 1 aromatic carbocycles. The molecule has 0 atom stereocenters. The van der Waals surface area contributed by atoms with Crippen LogP contribution in [0.1, 0.15) is 22.3 Å². The maximum atomic E-state index is 11.5. The molecule has 0 radical (unpaired) electrons. The third kappa shape index (κ3) is 1.24. The summed E-state index contributed by atoms with van der Waals surface area (Å²) >= 11 is 0. The van der Waals surface area contributed by atoms with Crippen molar-refractivity contribution >= 4 is 0 Å². The lowest BCUT2D eigenvalue weighted by atomic mass is 9.97. The summed E-state index contributed by atoms with van der Waals surface area (Å²) in [6, 6.07) is 5.54. The Balaban J connectivity index is 3.98. The van der Waals surface area contributed by atoms with E-state index in [-0.39, 0.29) is 0 Å². The minimum atomic E-state index is -1.06. The van der Waals surface area contributed by atoms with Gasteiger partial charge in [0, 0.05) is 0 Å². The third-order valence-corrected chi connectivity index (χ3v) is 1.86. The molecule has 6 nitrogen and oxygen atoms in total. The molecular formula is C10N4O2-2. The molecule has 0 aromatic heterocycles. The highest BCUT2D eigenvalue weighted by Crippen LogP contribution is 2.32. The number of nitriles is 4. The van der Waals surface area contributed by atoms with Crippen molar-refractivity contribution in [3.05, 3.63) is 22.3 Å². The minimum Gasteiger partial charge on any atom is -0.871 e. The first-order valence-electron chi connectivity index (χ1n) is 3.80. The van der Waals surface area contributed by atoms with Crippen LogP contribution >= 0.6 is 0 Å². The molecular weight excluding hydrogens is 208 g/mol. The fourth-order valence-electron chi connectivity index (χ4n) is 1.13. The van der Waals surface area contributed by atoms with Crippen LogP contribution in [0, 0.1) is 45.3 Å². The smallest absolute Gasteiger partial charge is 0.0999 e. The summed E-state index contributed by atoms with van der Waals surface area (Å²) in [5.74, 6) is -2.12. The molecule has 0 unspecified atom stereocenters. The average molecular weight is 208 g/mol. The van der Waals surface area contributed by atoms with E-state index in [1.807, 2.05) is 0 Å². The van der Waals surface area contributed by atoms with Gasteiger partial charge in [-0.3, -0.25) is 0 Å². The van der Waals surface area contributed by atoms with Gasteiger partial charge in [0.1, 0.15) is 0 Å². The van der Waals surface area contributed by atoms with E-state index in [9.17, 15) is 10.2 Å². The highest BCUT2D eigenvalue weighted by molar-refractivity contribution is 5.71. The van der Waals surface area contributed by atoms with Gasteiger partial charge in [0.25, 0.3) is 0 Å². The summed E-state index contributed by atoms with van der Waals surface area (Å²) in [5, 5.41) is 57.3. The van der Waals surface area contributed by atoms with Crippen molar-refractivity contribution < 1.29 is 10.2 Å². The fraction of sp³-hybridized carbons (Fsp3) is 0. The van der Waals surface area contributed by atoms with Crippen molar-refractivity contribution in [2.45, 2.75) is 0 Å². The van der Waals surface area contributed by atoms with Gasteiger partial charge in [-0.1, -0.05) is 11.5 Å². The van der Waals surface area contributed by atoms with Gasteiger partial charge in [0.15, 0.2) is 0 Å². The monoisotopic (exact) mass is 208 g/mol. The molecule has 0 aliphatic carbocycles. The van der Waals surface area contributed by atoms with Crippen LogP contribution in [0.5, 0.6) is 11.5 Å². The van der Waals surface area contributed by atoms with Crippen molar-refractivity contribution in [3.8, 4) is 35.8 Å². The van der Waals surface area contributed by atoms with E-state index in [1.54, 1.807) is 0 Å². The van der Waals surface area contributed by atoms with E-state index in [0.717, 1.165) is 0 Å². The van der Waals surface area contributed by atoms with Crippen LogP contribution in [0.25, 0.3) is 0 Å². The van der Waals surface area contributed by atoms with Gasteiger partial charge in [-0.2, -0.15) is 21.0 Å². The van der Waals surface area contributed by atoms with Crippen LogP contribution in [0.4, 0.5) is 0 Å². The van der Waals surface area contributed by atoms with Gasteiger partial charge in [-0.25, -0.2) is 0 Å². The second-order valence-electron chi connectivity index (χ2n) is 2.61. The van der Waals surface area contributed by atoms with E-state index in [2.05, 4.69) is 0 Å². The van der Waals surface area contributed by atoms with Crippen LogP contribution in [-0.2, 0) is 0 Å². The Morgan fingerprint density at radius 3 is 0.875 bits per heavy atom. The maximum Gasteiger partial charge on any atom is 0.0999 e. The highest BCUT2D eigenvalue weighted by Gasteiger charge is 2.13. The first kappa shape index (κ1) is 10.9. The molecule has 16 heavy (non-hydrogen) atoms. The molecule has 0 spiro atoms. The zero-order chi connectivity index (χ0) is 12.3. The van der Waals surface area contributed by atoms with Crippen molar-refractivity contribution in [1.29, 1.82) is 21.0 Å². The lowest BCUT2D eigenvalue weighted by molar-refractivity contribution is -0.275. The predicted octanol–water partition coefficient (Wildman–Crippen LogP) is -0.679. The second kappa shape index (κ2) is 3.88. The summed E-state index contributed by atoms with van der Waals surface area (Å²) in [5.41, 5.74) is -2.77. The summed E-state index contributed by atoms with van der Waals surface area (Å²) in [6.45, 7) is 0. The third-order valence-electron chi connectivity index (χ3n) is 1.86. The number of rotatable bonds is 0. The minimum absolute atomic E-state index is 0.692. The van der Waals surface area contributed by atoms with E-state index < -0.39 is 33.8 Å². The molecule has 0 saturated heterocycles. The highest BCUT2D eigenvalue weighted by atomic mass is 16.3. The number of benzene rings is 1. The van der Waals surface area contributed by atoms with Gasteiger partial charge in [-0.15, -0.1) is 0 Å². The van der Waals surface area contributed by atoms with Crippen LogP contribution in [0.3, 0.4) is 0 Å². The SMILES string of the molecule is N#Cc1c([O-])c(C#N)c(C#N)c([O-])c1C#N. The molecule has 0 amide bonds. The number of hydrogen-bond acceptors (Lipinski definition) is 6. The maximum absolute atomic E-state index is 11.5. The molecule has 0 saturated carbocycles. The Kier molecular flexibility index (Phi) is 2.63. The standard InChI is InChI=1S/C10H2N4O2/c11-1-5-6(2-12)10(16)8(4-14)7(3-13)9(5)15/h15-16H/p-2. The van der Waals surface area contributed by atoms with Gasteiger partial charge in [0.2, 0.25) is 0 Å². The zero-order valence-corrected chi connectivity index (χ0v) is 7.61. The Hall–Kier alpha value is -3.22. The first-order valence-corrected chi connectivity index (χ1v) is 3.80. The molecule has 1 rings (SSSR count). The topological polar surface area (TPSA) is 141 Å². The second-order valence-corrected chi connectivity index (χ2v) is 2.61. The van der Waals surface area contributed by atoms with Crippen molar-refractivity contribution in [1.82, 2.24) is 0 Å². The lowest BCUT2D eigenvalue weighted by Gasteiger charge is -2.19. The van der Waals surface area contributed by atoms with Crippen LogP contribution in [0.15, 0.2) is 0 Å². The van der Waals surface area contributed by atoms with Crippen LogP contribution in [0.2, 0.25) is 0 Å². The summed E-state index contributed by atoms with van der Waals surface area (Å²) in [4.78, 5) is 0. The molecule has 1 aromatic rings. The molecule has 0 N–H and O–H groups in total. The van der Waals surface area contributed by atoms with Gasteiger partial charge in [0.05, 0.1) is 46.5 Å². The first-order chi connectivity index (χ1) is 7.62. The predicted molar refractivity (Wildman–Crippen MR) is 44.2 cm³/mol. The molecule has 0 aliphatic rings. The fourth-order valence-corrected chi connectivity index (χ4v) is 1.13. The molecule has 6 heteroatoms. The molecule has 0 fully saturated rings. The number of hydrogen-bond donors (Lipinski definition) is 0. The zero-order valence-electron chi connectivity index (χ0n) is 7.61. The Morgan fingerprint density at radius 2 is 0.750 bits per heavy atom. The van der Waals surface area contributed by atoms with Crippen molar-refractivity contribution in [2.24, 2.45) is 0 Å². The number of nitrogens with zero attached hydrogens (tertiary/aromatic N) is 4. The average Bonchev–Trinajstić information content (AvgIpc) is 2.30. The van der Waals surface area contributed by atoms with Gasteiger partial charge in [-0.05, 0) is 0 Å².